The van der Waals surface area contributed by atoms with E-state index in [2.05, 4.69) is 72.1 Å². The average Bonchev–Trinajstić information content (AvgIpc) is 2.21. The van der Waals surface area contributed by atoms with Gasteiger partial charge in [0.2, 0.25) is 0 Å². The fourth-order valence-corrected chi connectivity index (χ4v) is 8.22. The second kappa shape index (κ2) is 7.77. The van der Waals surface area contributed by atoms with Crippen LogP contribution in [0.5, 0.6) is 0 Å². The van der Waals surface area contributed by atoms with E-state index in [0.717, 1.165) is 29.5 Å². The Kier molecular flexibility index (Phi) is 7.55. The van der Waals surface area contributed by atoms with Gasteiger partial charge in [0.15, 0.2) is 0 Å². The van der Waals surface area contributed by atoms with E-state index in [0.29, 0.717) is 0 Å². The van der Waals surface area contributed by atoms with E-state index >= 15 is 0 Å². The average molecular weight is 251 g/mol. The Morgan fingerprint density at radius 3 is 1.71 bits per heavy atom. The number of hydrogen-bond acceptors (Lipinski definition) is 0. The van der Waals surface area contributed by atoms with E-state index < -0.39 is 8.07 Å². The highest BCUT2D eigenvalue weighted by Crippen LogP contribution is 2.40. The SMILES string of the molecule is CC/C=C\CC#C[Si](C(C)C)(C(C)C)C(C)C. The minimum absolute atomic E-state index is 0.741. The molecule has 0 radical (unpaired) electrons. The van der Waals surface area contributed by atoms with Gasteiger partial charge in [0.05, 0.1) is 0 Å². The summed E-state index contributed by atoms with van der Waals surface area (Å²) in [5.74, 6) is 3.43. The van der Waals surface area contributed by atoms with Crippen molar-refractivity contribution in [3.05, 3.63) is 12.2 Å². The number of rotatable bonds is 5. The molecule has 0 fully saturated rings. The molecule has 0 saturated heterocycles. The Balaban J connectivity index is 4.99. The van der Waals surface area contributed by atoms with Crippen LogP contribution in [-0.4, -0.2) is 8.07 Å². The van der Waals surface area contributed by atoms with Crippen LogP contribution in [0, 0.1) is 11.5 Å². The van der Waals surface area contributed by atoms with Crippen molar-refractivity contribution in [3.8, 4) is 11.5 Å². The molecule has 0 heterocycles. The van der Waals surface area contributed by atoms with Crippen LogP contribution in [0.2, 0.25) is 16.6 Å². The highest BCUT2D eigenvalue weighted by molar-refractivity contribution is 6.90. The Morgan fingerprint density at radius 1 is 0.882 bits per heavy atom. The topological polar surface area (TPSA) is 0 Å². The van der Waals surface area contributed by atoms with Crippen molar-refractivity contribution in [1.82, 2.24) is 0 Å². The highest BCUT2D eigenvalue weighted by Gasteiger charge is 2.41. The van der Waals surface area contributed by atoms with Gasteiger partial charge in [-0.05, 0) is 23.0 Å². The summed E-state index contributed by atoms with van der Waals surface area (Å²) >= 11 is 0. The second-order valence-corrected chi connectivity index (χ2v) is 11.4. The fraction of sp³-hybridized carbons (Fsp3) is 0.750. The first-order valence-corrected chi connectivity index (χ1v) is 9.27. The van der Waals surface area contributed by atoms with E-state index in [9.17, 15) is 0 Å². The van der Waals surface area contributed by atoms with Crippen molar-refractivity contribution >= 4 is 8.07 Å². The molecular weight excluding hydrogens is 220 g/mol. The van der Waals surface area contributed by atoms with Gasteiger partial charge >= 0.3 is 0 Å². The van der Waals surface area contributed by atoms with Crippen molar-refractivity contribution in [2.75, 3.05) is 0 Å². The summed E-state index contributed by atoms with van der Waals surface area (Å²) in [5, 5.41) is 0. The van der Waals surface area contributed by atoms with E-state index in [1.165, 1.54) is 0 Å². The van der Waals surface area contributed by atoms with Gasteiger partial charge in [-0.25, -0.2) is 0 Å². The molecule has 0 N–H and O–H groups in total. The van der Waals surface area contributed by atoms with Gasteiger partial charge in [0.1, 0.15) is 8.07 Å². The molecule has 98 valence electrons. The second-order valence-electron chi connectivity index (χ2n) is 5.78. The molecule has 0 aromatic heterocycles. The molecule has 17 heavy (non-hydrogen) atoms. The molecule has 1 heteroatoms. The van der Waals surface area contributed by atoms with E-state index in [1.54, 1.807) is 0 Å². The Morgan fingerprint density at radius 2 is 1.35 bits per heavy atom. The van der Waals surface area contributed by atoms with Crippen molar-refractivity contribution in [2.24, 2.45) is 0 Å². The minimum Gasteiger partial charge on any atom is -0.130 e. The first-order valence-electron chi connectivity index (χ1n) is 7.04. The number of hydrogen-bond donors (Lipinski definition) is 0. The lowest BCUT2D eigenvalue weighted by atomic mass is 10.3. The first kappa shape index (κ1) is 16.5. The summed E-state index contributed by atoms with van der Waals surface area (Å²) in [6, 6.07) is 0. The standard InChI is InChI=1S/C16H30Si/c1-8-9-10-11-12-13-17(14(2)3,15(4)5)16(6)7/h9-10,14-16H,8,11H2,1-7H3/b10-9-. The first-order chi connectivity index (χ1) is 7.89. The zero-order chi connectivity index (χ0) is 13.5. The monoisotopic (exact) mass is 250 g/mol. The van der Waals surface area contributed by atoms with Crippen LogP contribution in [0.25, 0.3) is 0 Å². The quantitative estimate of drug-likeness (QED) is 0.340. The summed E-state index contributed by atoms with van der Waals surface area (Å²) in [7, 11) is -1.48. The smallest absolute Gasteiger partial charge is 0.130 e. The predicted octanol–water partition coefficient (Wildman–Crippen LogP) is 5.56. The molecular formula is C16H30Si. The maximum absolute atomic E-state index is 3.73. The van der Waals surface area contributed by atoms with Gasteiger partial charge in [0, 0.05) is 6.42 Å². The predicted molar refractivity (Wildman–Crippen MR) is 82.9 cm³/mol. The van der Waals surface area contributed by atoms with Gasteiger partial charge in [-0.2, -0.15) is 0 Å². The minimum atomic E-state index is -1.48. The number of allylic oxidation sites excluding steroid dienone is 2. The molecule has 0 aromatic rings. The van der Waals surface area contributed by atoms with Crippen LogP contribution in [0.4, 0.5) is 0 Å². The molecule has 0 aliphatic carbocycles. The van der Waals surface area contributed by atoms with Crippen LogP contribution in [0.3, 0.4) is 0 Å². The molecule has 0 saturated carbocycles. The van der Waals surface area contributed by atoms with Crippen molar-refractivity contribution in [1.29, 1.82) is 0 Å². The highest BCUT2D eigenvalue weighted by atomic mass is 28.3. The van der Waals surface area contributed by atoms with Gasteiger partial charge in [0.25, 0.3) is 0 Å². The van der Waals surface area contributed by atoms with Crippen LogP contribution in [-0.2, 0) is 0 Å². The van der Waals surface area contributed by atoms with Gasteiger partial charge in [-0.15, -0.1) is 11.5 Å². The van der Waals surface area contributed by atoms with Gasteiger partial charge < -0.3 is 0 Å². The van der Waals surface area contributed by atoms with Gasteiger partial charge in [-0.3, -0.25) is 0 Å². The van der Waals surface area contributed by atoms with Crippen LogP contribution in [0.15, 0.2) is 12.2 Å². The van der Waals surface area contributed by atoms with E-state index in [4.69, 9.17) is 0 Å². The molecule has 0 aliphatic heterocycles. The Bertz CT molecular complexity index is 265. The molecule has 0 aliphatic rings. The Hall–Kier alpha value is -0.483. The zero-order valence-electron chi connectivity index (χ0n) is 12.8. The maximum atomic E-state index is 3.73. The molecule has 0 unspecified atom stereocenters. The molecule has 0 bridgehead atoms. The summed E-state index contributed by atoms with van der Waals surface area (Å²) in [4.78, 5) is 0. The van der Waals surface area contributed by atoms with E-state index in [-0.39, 0.29) is 0 Å². The van der Waals surface area contributed by atoms with Crippen LogP contribution >= 0.6 is 0 Å². The largest absolute Gasteiger partial charge is 0.145 e. The summed E-state index contributed by atoms with van der Waals surface area (Å²) < 4.78 is 0. The third-order valence-electron chi connectivity index (χ3n) is 3.79. The maximum Gasteiger partial charge on any atom is 0.145 e. The van der Waals surface area contributed by atoms with Crippen LogP contribution < -0.4 is 0 Å². The summed E-state index contributed by atoms with van der Waals surface area (Å²) in [5.41, 5.74) is 5.95. The molecule has 0 atom stereocenters. The normalized spacial score (nSPS) is 12.6. The molecule has 0 aromatic carbocycles. The lowest BCUT2D eigenvalue weighted by molar-refractivity contribution is 0.838. The zero-order valence-corrected chi connectivity index (χ0v) is 13.8. The third-order valence-corrected chi connectivity index (χ3v) is 10.1. The lowest BCUT2D eigenvalue weighted by Crippen LogP contribution is -2.43. The van der Waals surface area contributed by atoms with Crippen molar-refractivity contribution in [2.45, 2.75) is 77.9 Å². The summed E-state index contributed by atoms with van der Waals surface area (Å²) in [6.07, 6.45) is 6.45. The van der Waals surface area contributed by atoms with Crippen molar-refractivity contribution < 1.29 is 0 Å². The van der Waals surface area contributed by atoms with Crippen LogP contribution in [0.1, 0.15) is 61.3 Å². The molecule has 0 rings (SSSR count). The molecule has 0 amide bonds. The molecule has 0 spiro atoms. The lowest BCUT2D eigenvalue weighted by Gasteiger charge is -2.38. The molecule has 0 nitrogen and oxygen atoms in total. The van der Waals surface area contributed by atoms with Gasteiger partial charge in [-0.1, -0.05) is 60.6 Å². The Labute approximate surface area is 110 Å². The third kappa shape index (κ3) is 4.35. The van der Waals surface area contributed by atoms with E-state index in [1.807, 2.05) is 0 Å². The van der Waals surface area contributed by atoms with Crippen molar-refractivity contribution in [3.63, 3.8) is 0 Å². The summed E-state index contributed by atoms with van der Waals surface area (Å²) in [6.45, 7) is 16.3. The fourth-order valence-electron chi connectivity index (χ4n) is 2.95.